The third-order valence-electron chi connectivity index (χ3n) is 4.76. The van der Waals surface area contributed by atoms with Gasteiger partial charge in [0, 0.05) is 48.1 Å². The minimum Gasteiger partial charge on any atom is -0.456 e. The minimum absolute atomic E-state index is 0.0607. The van der Waals surface area contributed by atoms with Gasteiger partial charge in [0.2, 0.25) is 0 Å². The summed E-state index contributed by atoms with van der Waals surface area (Å²) in [5.41, 5.74) is 2.40. The van der Waals surface area contributed by atoms with E-state index in [4.69, 9.17) is 9.15 Å². The number of amides is 2. The van der Waals surface area contributed by atoms with E-state index in [2.05, 4.69) is 5.32 Å². The van der Waals surface area contributed by atoms with Gasteiger partial charge in [0.15, 0.2) is 0 Å². The zero-order valence-electron chi connectivity index (χ0n) is 14.3. The largest absolute Gasteiger partial charge is 0.456 e. The third kappa shape index (κ3) is 3.20. The molecule has 1 aromatic heterocycles. The molecule has 1 aliphatic heterocycles. The highest BCUT2D eigenvalue weighted by atomic mass is 16.5. The van der Waals surface area contributed by atoms with E-state index in [0.29, 0.717) is 5.92 Å². The maximum absolute atomic E-state index is 12.5. The maximum atomic E-state index is 12.5. The van der Waals surface area contributed by atoms with Crippen molar-refractivity contribution in [3.05, 3.63) is 42.5 Å². The Labute approximate surface area is 146 Å². The van der Waals surface area contributed by atoms with E-state index in [0.717, 1.165) is 60.3 Å². The molecule has 1 unspecified atom stereocenters. The molecule has 0 bridgehead atoms. The molecule has 1 N–H and O–H groups in total. The van der Waals surface area contributed by atoms with Crippen LogP contribution in [0, 0.1) is 5.92 Å². The molecule has 1 aliphatic rings. The fourth-order valence-electron chi connectivity index (χ4n) is 3.44. The molecule has 0 spiro atoms. The normalized spacial score (nSPS) is 17.5. The summed E-state index contributed by atoms with van der Waals surface area (Å²) >= 11 is 0. The summed E-state index contributed by atoms with van der Waals surface area (Å²) < 4.78 is 11.4. The van der Waals surface area contributed by atoms with Gasteiger partial charge < -0.3 is 19.4 Å². The molecule has 25 heavy (non-hydrogen) atoms. The number of fused-ring (bicyclic) bond motifs is 3. The molecule has 130 valence electrons. The van der Waals surface area contributed by atoms with Crippen LogP contribution in [0.15, 0.2) is 46.9 Å². The van der Waals surface area contributed by atoms with Gasteiger partial charge in [0.1, 0.15) is 11.2 Å². The van der Waals surface area contributed by atoms with Crippen molar-refractivity contribution < 1.29 is 13.9 Å². The fourth-order valence-corrected chi connectivity index (χ4v) is 3.44. The topological polar surface area (TPSA) is 54.7 Å². The molecule has 2 aromatic carbocycles. The molecular formula is C20H22N2O3. The summed E-state index contributed by atoms with van der Waals surface area (Å²) in [6, 6.07) is 13.7. The molecule has 0 aliphatic carbocycles. The van der Waals surface area contributed by atoms with Gasteiger partial charge in [-0.2, -0.15) is 0 Å². The molecule has 2 amide bonds. The number of para-hydroxylation sites is 1. The average Bonchev–Trinajstić information content (AvgIpc) is 3.24. The summed E-state index contributed by atoms with van der Waals surface area (Å²) in [6.45, 7) is 4.97. The zero-order valence-corrected chi connectivity index (χ0v) is 14.3. The number of rotatable bonds is 4. The predicted octanol–water partition coefficient (Wildman–Crippen LogP) is 4.48. The van der Waals surface area contributed by atoms with E-state index in [9.17, 15) is 4.79 Å². The number of nitrogens with zero attached hydrogens (tertiary/aromatic N) is 1. The number of urea groups is 1. The van der Waals surface area contributed by atoms with Crippen LogP contribution in [0.1, 0.15) is 13.3 Å². The maximum Gasteiger partial charge on any atom is 0.321 e. The lowest BCUT2D eigenvalue weighted by atomic mass is 10.1. The number of carbonyl (C=O) groups is 1. The van der Waals surface area contributed by atoms with Gasteiger partial charge in [-0.3, -0.25) is 0 Å². The van der Waals surface area contributed by atoms with Gasteiger partial charge in [-0.15, -0.1) is 0 Å². The van der Waals surface area contributed by atoms with Crippen molar-refractivity contribution in [3.8, 4) is 0 Å². The minimum atomic E-state index is -0.0607. The smallest absolute Gasteiger partial charge is 0.321 e. The van der Waals surface area contributed by atoms with Crippen LogP contribution in [-0.4, -0.2) is 37.2 Å². The Morgan fingerprint density at radius 3 is 2.96 bits per heavy atom. The van der Waals surface area contributed by atoms with Gasteiger partial charge in [-0.25, -0.2) is 4.79 Å². The second-order valence-electron chi connectivity index (χ2n) is 6.50. The Hall–Kier alpha value is -2.53. The van der Waals surface area contributed by atoms with Crippen molar-refractivity contribution >= 4 is 33.7 Å². The van der Waals surface area contributed by atoms with Crippen molar-refractivity contribution in [2.45, 2.75) is 13.3 Å². The monoisotopic (exact) mass is 338 g/mol. The van der Waals surface area contributed by atoms with Crippen LogP contribution < -0.4 is 5.32 Å². The van der Waals surface area contributed by atoms with E-state index in [1.165, 1.54) is 0 Å². The first-order chi connectivity index (χ1) is 12.2. The Bertz CT molecular complexity index is 902. The summed E-state index contributed by atoms with van der Waals surface area (Å²) in [4.78, 5) is 14.3. The van der Waals surface area contributed by atoms with Gasteiger partial charge in [0.05, 0.1) is 6.61 Å². The number of nitrogens with one attached hydrogen (secondary N) is 1. The van der Waals surface area contributed by atoms with E-state index >= 15 is 0 Å². The summed E-state index contributed by atoms with van der Waals surface area (Å²) in [6.07, 6.45) is 0.996. The number of furan rings is 1. The number of ether oxygens (including phenoxy) is 1. The number of hydrogen-bond acceptors (Lipinski definition) is 3. The van der Waals surface area contributed by atoms with Crippen molar-refractivity contribution in [3.63, 3.8) is 0 Å². The highest BCUT2D eigenvalue weighted by molar-refractivity contribution is 6.06. The Kier molecular flexibility index (Phi) is 4.32. The second kappa shape index (κ2) is 6.76. The molecule has 5 nitrogen and oxygen atoms in total. The van der Waals surface area contributed by atoms with Crippen molar-refractivity contribution in [2.24, 2.45) is 5.92 Å². The van der Waals surface area contributed by atoms with Gasteiger partial charge in [0.25, 0.3) is 0 Å². The quantitative estimate of drug-likeness (QED) is 0.763. The summed E-state index contributed by atoms with van der Waals surface area (Å²) in [5, 5.41) is 5.14. The molecule has 5 heteroatoms. The van der Waals surface area contributed by atoms with Crippen molar-refractivity contribution in [1.29, 1.82) is 0 Å². The first-order valence-corrected chi connectivity index (χ1v) is 8.79. The van der Waals surface area contributed by atoms with E-state index < -0.39 is 0 Å². The average molecular weight is 338 g/mol. The fraction of sp³-hybridized carbons (Fsp3) is 0.350. The molecule has 0 radical (unpaired) electrons. The summed E-state index contributed by atoms with van der Waals surface area (Å²) in [5.74, 6) is 0.434. The number of hydrogen-bond donors (Lipinski definition) is 1. The molecule has 1 fully saturated rings. The molecule has 1 saturated heterocycles. The lowest BCUT2D eigenvalue weighted by Crippen LogP contribution is -2.33. The molecule has 0 saturated carbocycles. The van der Waals surface area contributed by atoms with Crippen LogP contribution in [0.3, 0.4) is 0 Å². The van der Waals surface area contributed by atoms with Crippen LogP contribution >= 0.6 is 0 Å². The lowest BCUT2D eigenvalue weighted by Gasteiger charge is -2.17. The van der Waals surface area contributed by atoms with E-state index in [-0.39, 0.29) is 6.03 Å². The van der Waals surface area contributed by atoms with Crippen LogP contribution in [0.4, 0.5) is 10.5 Å². The highest BCUT2D eigenvalue weighted by Crippen LogP contribution is 2.30. The Morgan fingerprint density at radius 1 is 1.24 bits per heavy atom. The first-order valence-electron chi connectivity index (χ1n) is 8.79. The van der Waals surface area contributed by atoms with Crippen molar-refractivity contribution in [2.75, 3.05) is 31.6 Å². The predicted molar refractivity (Wildman–Crippen MR) is 98.9 cm³/mol. The number of carbonyl (C=O) groups excluding carboxylic acids is 1. The van der Waals surface area contributed by atoms with Gasteiger partial charge in [-0.1, -0.05) is 18.2 Å². The first kappa shape index (κ1) is 16.0. The molecule has 2 heterocycles. The van der Waals surface area contributed by atoms with Crippen molar-refractivity contribution in [1.82, 2.24) is 4.90 Å². The summed E-state index contributed by atoms with van der Waals surface area (Å²) in [7, 11) is 0. The number of anilines is 1. The second-order valence-corrected chi connectivity index (χ2v) is 6.50. The number of likely N-dealkylation sites (tertiary alicyclic amines) is 1. The van der Waals surface area contributed by atoms with E-state index in [1.807, 2.05) is 54.3 Å². The molecular weight excluding hydrogens is 316 g/mol. The molecule has 1 atom stereocenters. The third-order valence-corrected chi connectivity index (χ3v) is 4.76. The van der Waals surface area contributed by atoms with Gasteiger partial charge >= 0.3 is 6.03 Å². The molecule has 3 aromatic rings. The van der Waals surface area contributed by atoms with Crippen LogP contribution in [0.2, 0.25) is 0 Å². The van der Waals surface area contributed by atoms with Gasteiger partial charge in [-0.05, 0) is 31.5 Å². The van der Waals surface area contributed by atoms with Crippen LogP contribution in [-0.2, 0) is 4.74 Å². The molecule has 4 rings (SSSR count). The highest BCUT2D eigenvalue weighted by Gasteiger charge is 2.26. The Balaban J connectivity index is 1.47. The van der Waals surface area contributed by atoms with Crippen LogP contribution in [0.5, 0.6) is 0 Å². The van der Waals surface area contributed by atoms with Crippen LogP contribution in [0.25, 0.3) is 21.9 Å². The SMILES string of the molecule is CCOCC1CCN(C(=O)Nc2ccc3c(c2)oc2ccccc23)C1. The van der Waals surface area contributed by atoms with E-state index in [1.54, 1.807) is 0 Å². The zero-order chi connectivity index (χ0) is 17.2. The number of benzene rings is 2. The Morgan fingerprint density at radius 2 is 2.08 bits per heavy atom. The lowest BCUT2D eigenvalue weighted by molar-refractivity contribution is 0.113. The standard InChI is InChI=1S/C20H22N2O3/c1-2-24-13-14-9-10-22(12-14)20(23)21-15-7-8-17-16-5-3-4-6-18(16)25-19(17)11-15/h3-8,11,14H,2,9-10,12-13H2,1H3,(H,21,23).